The van der Waals surface area contributed by atoms with Gasteiger partial charge in [-0.1, -0.05) is 18.2 Å². The highest BCUT2D eigenvalue weighted by Gasteiger charge is 2.23. The molecule has 8 heteroatoms. The van der Waals surface area contributed by atoms with Gasteiger partial charge < -0.3 is 20.1 Å². The Kier molecular flexibility index (Phi) is 6.32. The van der Waals surface area contributed by atoms with Crippen molar-refractivity contribution in [1.29, 1.82) is 0 Å². The number of nitrogens with one attached hydrogen (secondary N) is 2. The minimum Gasteiger partial charge on any atom is -0.493 e. The van der Waals surface area contributed by atoms with Crippen LogP contribution in [0.1, 0.15) is 11.1 Å². The van der Waals surface area contributed by atoms with E-state index in [9.17, 15) is 13.2 Å². The Hall–Kier alpha value is -2.74. The maximum absolute atomic E-state index is 12.3. The molecule has 0 radical (unpaired) electrons. The zero-order valence-electron chi connectivity index (χ0n) is 16.0. The summed E-state index contributed by atoms with van der Waals surface area (Å²) in [5.74, 6) is 0.102. The first kappa shape index (κ1) is 20.6. The third-order valence-corrected chi connectivity index (χ3v) is 5.20. The summed E-state index contributed by atoms with van der Waals surface area (Å²) in [7, 11) is -0.838. The molecule has 0 unspecified atom stereocenters. The number of hydrogen-bond acceptors (Lipinski definition) is 6. The normalized spacial score (nSPS) is 11.0. The highest BCUT2D eigenvalue weighted by molar-refractivity contribution is 7.91. The van der Waals surface area contributed by atoms with E-state index in [1.807, 2.05) is 32.0 Å². The summed E-state index contributed by atoms with van der Waals surface area (Å²) < 4.78 is 34.9. The second kappa shape index (κ2) is 8.30. The van der Waals surface area contributed by atoms with E-state index in [0.717, 1.165) is 23.1 Å². The molecule has 0 fully saturated rings. The molecule has 7 nitrogen and oxygen atoms in total. The lowest BCUT2D eigenvalue weighted by Gasteiger charge is -2.17. The van der Waals surface area contributed by atoms with Crippen molar-refractivity contribution in [1.82, 2.24) is 0 Å². The number of carbonyl (C=O) groups excluding carboxylic acids is 1. The number of hydrogen-bond donors (Lipinski definition) is 2. The van der Waals surface area contributed by atoms with Crippen LogP contribution in [0.3, 0.4) is 0 Å². The second-order valence-corrected chi connectivity index (χ2v) is 8.07. The fourth-order valence-corrected chi connectivity index (χ4v) is 3.84. The van der Waals surface area contributed by atoms with Crippen molar-refractivity contribution in [2.75, 3.05) is 37.7 Å². The molecule has 0 aliphatic heterocycles. The quantitative estimate of drug-likeness (QED) is 0.753. The van der Waals surface area contributed by atoms with Crippen LogP contribution in [0, 0.1) is 13.8 Å². The summed E-state index contributed by atoms with van der Waals surface area (Å²) in [6.45, 7) is 3.71. The van der Waals surface area contributed by atoms with Crippen molar-refractivity contribution in [2.24, 2.45) is 0 Å². The van der Waals surface area contributed by atoms with Gasteiger partial charge in [-0.05, 0) is 37.1 Å². The molecular weight excluding hydrogens is 368 g/mol. The van der Waals surface area contributed by atoms with E-state index in [-0.39, 0.29) is 28.8 Å². The van der Waals surface area contributed by atoms with Gasteiger partial charge in [0, 0.05) is 11.9 Å². The van der Waals surface area contributed by atoms with Crippen molar-refractivity contribution < 1.29 is 22.7 Å². The molecule has 0 spiro atoms. The first-order valence-corrected chi connectivity index (χ1v) is 10.1. The second-order valence-electron chi connectivity index (χ2n) is 6.12. The number of sulfone groups is 1. The van der Waals surface area contributed by atoms with Gasteiger partial charge in [-0.3, -0.25) is 4.79 Å². The lowest BCUT2D eigenvalue weighted by molar-refractivity contribution is -0.114. The number of aryl methyl sites for hydroxylation is 2. The van der Waals surface area contributed by atoms with Crippen LogP contribution in [0.2, 0.25) is 0 Å². The van der Waals surface area contributed by atoms with E-state index in [0.29, 0.717) is 5.75 Å². The van der Waals surface area contributed by atoms with E-state index in [2.05, 4.69) is 10.6 Å². The van der Waals surface area contributed by atoms with Crippen molar-refractivity contribution in [3.8, 4) is 11.5 Å². The van der Waals surface area contributed by atoms with Gasteiger partial charge >= 0.3 is 0 Å². The largest absolute Gasteiger partial charge is 0.493 e. The number of methoxy groups -OCH3 is 2. The fourth-order valence-electron chi connectivity index (χ4n) is 2.78. The van der Waals surface area contributed by atoms with E-state index in [1.54, 1.807) is 12.1 Å². The maximum atomic E-state index is 12.3. The SMILES string of the molecule is COc1ccc(NCC(=O)Nc2c(C)cccc2C)c(S(C)(=O)=O)c1OC. The fraction of sp³-hybridized carbons (Fsp3) is 0.316. The lowest BCUT2D eigenvalue weighted by Crippen LogP contribution is -2.23. The molecule has 0 aliphatic carbocycles. The van der Waals surface area contributed by atoms with E-state index < -0.39 is 9.84 Å². The van der Waals surface area contributed by atoms with Crippen LogP contribution in [0.4, 0.5) is 11.4 Å². The Labute approximate surface area is 159 Å². The molecule has 0 bridgehead atoms. The van der Waals surface area contributed by atoms with Gasteiger partial charge in [0.25, 0.3) is 0 Å². The standard InChI is InChI=1S/C19H24N2O5S/c1-12-7-6-8-13(2)17(12)21-16(22)11-20-14-9-10-15(25-3)18(26-4)19(14)27(5,23)24/h6-10,20H,11H2,1-5H3,(H,21,22). The highest BCUT2D eigenvalue weighted by atomic mass is 32.2. The minimum atomic E-state index is -3.63. The number of benzene rings is 2. The van der Waals surface area contributed by atoms with Crippen LogP contribution in [-0.2, 0) is 14.6 Å². The number of amides is 1. The van der Waals surface area contributed by atoms with Gasteiger partial charge in [0.05, 0.1) is 26.5 Å². The lowest BCUT2D eigenvalue weighted by atomic mass is 10.1. The third-order valence-electron chi connectivity index (χ3n) is 4.06. The first-order valence-electron chi connectivity index (χ1n) is 8.24. The van der Waals surface area contributed by atoms with Crippen LogP contribution in [0.25, 0.3) is 0 Å². The molecule has 0 atom stereocenters. The Bertz CT molecular complexity index is 935. The number of rotatable bonds is 7. The molecule has 2 rings (SSSR count). The van der Waals surface area contributed by atoms with Crippen LogP contribution >= 0.6 is 0 Å². The van der Waals surface area contributed by atoms with E-state index >= 15 is 0 Å². The number of anilines is 2. The molecule has 0 aliphatic rings. The van der Waals surface area contributed by atoms with Gasteiger partial charge in [0.2, 0.25) is 5.91 Å². The first-order chi connectivity index (χ1) is 12.7. The topological polar surface area (TPSA) is 93.7 Å². The number of ether oxygens (including phenoxy) is 2. The zero-order valence-corrected chi connectivity index (χ0v) is 16.9. The van der Waals surface area contributed by atoms with Crippen molar-refractivity contribution in [3.05, 3.63) is 41.5 Å². The monoisotopic (exact) mass is 392 g/mol. The van der Waals surface area contributed by atoms with Crippen molar-refractivity contribution in [3.63, 3.8) is 0 Å². The van der Waals surface area contributed by atoms with Gasteiger partial charge in [-0.15, -0.1) is 0 Å². The van der Waals surface area contributed by atoms with Crippen LogP contribution in [0.15, 0.2) is 35.2 Å². The molecule has 0 aromatic heterocycles. The predicted molar refractivity (Wildman–Crippen MR) is 106 cm³/mol. The van der Waals surface area contributed by atoms with Gasteiger partial charge in [-0.25, -0.2) is 8.42 Å². The molecule has 2 N–H and O–H groups in total. The zero-order chi connectivity index (χ0) is 20.2. The molecule has 1 amide bonds. The summed E-state index contributed by atoms with van der Waals surface area (Å²) >= 11 is 0. The molecular formula is C19H24N2O5S. The van der Waals surface area contributed by atoms with Gasteiger partial charge in [-0.2, -0.15) is 0 Å². The van der Waals surface area contributed by atoms with E-state index in [1.165, 1.54) is 14.2 Å². The molecule has 27 heavy (non-hydrogen) atoms. The Balaban J connectivity index is 2.26. The summed E-state index contributed by atoms with van der Waals surface area (Å²) in [6.07, 6.45) is 1.08. The summed E-state index contributed by atoms with van der Waals surface area (Å²) in [5, 5.41) is 5.73. The molecule has 0 saturated carbocycles. The molecule has 2 aromatic carbocycles. The van der Waals surface area contributed by atoms with E-state index in [4.69, 9.17) is 9.47 Å². The van der Waals surface area contributed by atoms with Crippen molar-refractivity contribution >= 4 is 27.1 Å². The minimum absolute atomic E-state index is 0.0516. The smallest absolute Gasteiger partial charge is 0.243 e. The molecule has 0 saturated heterocycles. The van der Waals surface area contributed by atoms with Crippen LogP contribution < -0.4 is 20.1 Å². The van der Waals surface area contributed by atoms with Crippen molar-refractivity contribution in [2.45, 2.75) is 18.7 Å². The molecule has 0 heterocycles. The Morgan fingerprint density at radius 2 is 1.67 bits per heavy atom. The molecule has 2 aromatic rings. The van der Waals surface area contributed by atoms with Crippen LogP contribution in [0.5, 0.6) is 11.5 Å². The Morgan fingerprint density at radius 1 is 1.04 bits per heavy atom. The third kappa shape index (κ3) is 4.71. The summed E-state index contributed by atoms with van der Waals surface area (Å²) in [5.41, 5.74) is 2.92. The van der Waals surface area contributed by atoms with Gasteiger partial charge in [0.15, 0.2) is 21.3 Å². The summed E-state index contributed by atoms with van der Waals surface area (Å²) in [6, 6.07) is 8.86. The average molecular weight is 392 g/mol. The number of para-hydroxylation sites is 1. The average Bonchev–Trinajstić information content (AvgIpc) is 2.61. The maximum Gasteiger partial charge on any atom is 0.243 e. The predicted octanol–water partition coefficient (Wildman–Crippen LogP) is 2.77. The number of carbonyl (C=O) groups is 1. The molecule has 146 valence electrons. The van der Waals surface area contributed by atoms with Gasteiger partial charge in [0.1, 0.15) is 4.90 Å². The van der Waals surface area contributed by atoms with Crippen LogP contribution in [-0.4, -0.2) is 41.3 Å². The Morgan fingerprint density at radius 3 is 2.19 bits per heavy atom. The summed E-state index contributed by atoms with van der Waals surface area (Å²) in [4.78, 5) is 12.3. The highest BCUT2D eigenvalue weighted by Crippen LogP contribution is 2.39.